The average molecular weight is 361 g/mol. The molecule has 112 valence electrons. The highest BCUT2D eigenvalue weighted by atomic mass is 79.9. The van der Waals surface area contributed by atoms with Crippen LogP contribution in [0.2, 0.25) is 0 Å². The molecule has 0 aromatic heterocycles. The Morgan fingerprint density at radius 3 is 2.60 bits per heavy atom. The average Bonchev–Trinajstić information content (AvgIpc) is 2.37. The summed E-state index contributed by atoms with van der Waals surface area (Å²) in [6.07, 6.45) is 1.98. The highest BCUT2D eigenvalue weighted by Crippen LogP contribution is 2.28. The normalized spacial score (nSPS) is 18.9. The van der Waals surface area contributed by atoms with Gasteiger partial charge in [0.05, 0.1) is 4.90 Å². The lowest BCUT2D eigenvalue weighted by molar-refractivity contribution is 0.232. The molecule has 0 spiro atoms. The van der Waals surface area contributed by atoms with Crippen LogP contribution in [0.4, 0.5) is 0 Å². The minimum absolute atomic E-state index is 0.0372. The molecule has 2 rings (SSSR count). The van der Waals surface area contributed by atoms with E-state index >= 15 is 0 Å². The Bertz CT molecular complexity index is 581. The number of piperidine rings is 1. The van der Waals surface area contributed by atoms with Crippen molar-refractivity contribution in [2.45, 2.75) is 31.6 Å². The topological polar surface area (TPSA) is 58.2 Å². The van der Waals surface area contributed by atoms with Gasteiger partial charge in [-0.3, -0.25) is 0 Å². The minimum atomic E-state index is -3.46. The molecule has 2 N–H and O–H groups in total. The van der Waals surface area contributed by atoms with Crippen molar-refractivity contribution in [3.8, 4) is 0 Å². The zero-order chi connectivity index (χ0) is 14.8. The van der Waals surface area contributed by atoms with Crippen molar-refractivity contribution in [1.82, 2.24) is 10.0 Å². The molecule has 1 aromatic rings. The van der Waals surface area contributed by atoms with Gasteiger partial charge in [-0.05, 0) is 71.9 Å². The number of halogens is 1. The van der Waals surface area contributed by atoms with Gasteiger partial charge in [0.1, 0.15) is 0 Å². The maximum Gasteiger partial charge on any atom is 0.241 e. The molecule has 0 unspecified atom stereocenters. The smallest absolute Gasteiger partial charge is 0.241 e. The van der Waals surface area contributed by atoms with Crippen LogP contribution < -0.4 is 10.0 Å². The van der Waals surface area contributed by atoms with Crippen LogP contribution in [0.3, 0.4) is 0 Å². The third kappa shape index (κ3) is 3.81. The van der Waals surface area contributed by atoms with E-state index in [0.29, 0.717) is 15.9 Å². The van der Waals surface area contributed by atoms with Gasteiger partial charge in [-0.15, -0.1) is 0 Å². The van der Waals surface area contributed by atoms with Crippen LogP contribution in [0.5, 0.6) is 0 Å². The molecule has 20 heavy (non-hydrogen) atoms. The van der Waals surface area contributed by atoms with Gasteiger partial charge in [-0.25, -0.2) is 13.1 Å². The number of rotatable bonds is 4. The molecule has 1 heterocycles. The Morgan fingerprint density at radius 1 is 1.35 bits per heavy atom. The lowest BCUT2D eigenvalue weighted by Crippen LogP contribution is -2.42. The van der Waals surface area contributed by atoms with Crippen molar-refractivity contribution in [1.29, 1.82) is 0 Å². The first kappa shape index (κ1) is 15.9. The van der Waals surface area contributed by atoms with Crippen LogP contribution in [-0.2, 0) is 10.0 Å². The van der Waals surface area contributed by atoms with E-state index in [2.05, 4.69) is 32.9 Å². The fourth-order valence-corrected chi connectivity index (χ4v) is 4.77. The lowest BCUT2D eigenvalue weighted by atomic mass is 9.81. The highest BCUT2D eigenvalue weighted by molar-refractivity contribution is 9.10. The second-order valence-corrected chi connectivity index (χ2v) is 8.41. The van der Waals surface area contributed by atoms with Crippen LogP contribution in [0.15, 0.2) is 27.6 Å². The monoisotopic (exact) mass is 360 g/mol. The molecule has 0 aliphatic carbocycles. The van der Waals surface area contributed by atoms with Gasteiger partial charge >= 0.3 is 0 Å². The molecule has 0 amide bonds. The number of sulfonamides is 1. The van der Waals surface area contributed by atoms with E-state index in [0.717, 1.165) is 31.5 Å². The van der Waals surface area contributed by atoms with E-state index in [1.165, 1.54) is 0 Å². The first-order chi connectivity index (χ1) is 9.32. The van der Waals surface area contributed by atoms with Crippen LogP contribution in [-0.4, -0.2) is 28.1 Å². The molecule has 1 fully saturated rings. The van der Waals surface area contributed by atoms with Gasteiger partial charge < -0.3 is 5.32 Å². The van der Waals surface area contributed by atoms with Crippen molar-refractivity contribution in [2.24, 2.45) is 5.41 Å². The molecule has 0 bridgehead atoms. The first-order valence-corrected chi connectivity index (χ1v) is 9.07. The zero-order valence-electron chi connectivity index (χ0n) is 11.9. The van der Waals surface area contributed by atoms with E-state index in [1.54, 1.807) is 6.07 Å². The summed E-state index contributed by atoms with van der Waals surface area (Å²) in [5.41, 5.74) is 1.07. The number of nitrogens with one attached hydrogen (secondary N) is 2. The van der Waals surface area contributed by atoms with Gasteiger partial charge in [0.15, 0.2) is 0 Å². The van der Waals surface area contributed by atoms with Crippen molar-refractivity contribution in [3.05, 3.63) is 28.2 Å². The summed E-state index contributed by atoms with van der Waals surface area (Å²) in [5.74, 6) is 0. The minimum Gasteiger partial charge on any atom is -0.317 e. The van der Waals surface area contributed by atoms with E-state index in [-0.39, 0.29) is 5.41 Å². The maximum absolute atomic E-state index is 12.4. The number of hydrogen-bond donors (Lipinski definition) is 2. The molecule has 0 saturated carbocycles. The van der Waals surface area contributed by atoms with E-state index < -0.39 is 10.0 Å². The van der Waals surface area contributed by atoms with Crippen molar-refractivity contribution >= 4 is 26.0 Å². The SMILES string of the molecule is Cc1ccc(S(=O)(=O)NCC2(C)CCNCC2)c(Br)c1. The molecule has 1 saturated heterocycles. The van der Waals surface area contributed by atoms with Crippen LogP contribution in [0, 0.1) is 12.3 Å². The second-order valence-electron chi connectivity index (χ2n) is 5.82. The fourth-order valence-electron chi connectivity index (χ4n) is 2.38. The summed E-state index contributed by atoms with van der Waals surface area (Å²) < 4.78 is 28.2. The Hall–Kier alpha value is -0.430. The van der Waals surface area contributed by atoms with Crippen molar-refractivity contribution in [2.75, 3.05) is 19.6 Å². The summed E-state index contributed by atoms with van der Waals surface area (Å²) in [6.45, 7) is 6.46. The van der Waals surface area contributed by atoms with Gasteiger partial charge in [0.2, 0.25) is 10.0 Å². The summed E-state index contributed by atoms with van der Waals surface area (Å²) in [5, 5.41) is 3.30. The quantitative estimate of drug-likeness (QED) is 0.866. The molecular formula is C14H21BrN2O2S. The second kappa shape index (κ2) is 6.13. The predicted molar refractivity (Wildman–Crippen MR) is 84.3 cm³/mol. The van der Waals surface area contributed by atoms with Gasteiger partial charge in [0.25, 0.3) is 0 Å². The maximum atomic E-state index is 12.4. The Labute approximate surface area is 129 Å². The van der Waals surface area contributed by atoms with E-state index in [4.69, 9.17) is 0 Å². The number of aryl methyl sites for hydroxylation is 1. The lowest BCUT2D eigenvalue weighted by Gasteiger charge is -2.34. The molecule has 0 radical (unpaired) electrons. The molecule has 0 atom stereocenters. The van der Waals surface area contributed by atoms with Crippen LogP contribution in [0.25, 0.3) is 0 Å². The van der Waals surface area contributed by atoms with Crippen LogP contribution >= 0.6 is 15.9 Å². The van der Waals surface area contributed by atoms with E-state index in [1.807, 2.05) is 19.1 Å². The molecule has 6 heteroatoms. The third-order valence-electron chi connectivity index (χ3n) is 3.88. The molecular weight excluding hydrogens is 340 g/mol. The van der Waals surface area contributed by atoms with Gasteiger partial charge in [-0.2, -0.15) is 0 Å². The Balaban J connectivity index is 2.11. The van der Waals surface area contributed by atoms with Crippen molar-refractivity contribution < 1.29 is 8.42 Å². The summed E-state index contributed by atoms with van der Waals surface area (Å²) in [6, 6.07) is 5.28. The number of hydrogen-bond acceptors (Lipinski definition) is 3. The highest BCUT2D eigenvalue weighted by Gasteiger charge is 2.29. The van der Waals surface area contributed by atoms with Gasteiger partial charge in [0, 0.05) is 11.0 Å². The largest absolute Gasteiger partial charge is 0.317 e. The third-order valence-corrected chi connectivity index (χ3v) is 6.25. The summed E-state index contributed by atoms with van der Waals surface area (Å²) in [4.78, 5) is 0.306. The van der Waals surface area contributed by atoms with Crippen molar-refractivity contribution in [3.63, 3.8) is 0 Å². The predicted octanol–water partition coefficient (Wildman–Crippen LogP) is 2.43. The van der Waals surface area contributed by atoms with E-state index in [9.17, 15) is 8.42 Å². The standard InChI is InChI=1S/C14H21BrN2O2S/c1-11-3-4-13(12(15)9-11)20(18,19)17-10-14(2)5-7-16-8-6-14/h3-4,9,16-17H,5-8,10H2,1-2H3. The molecule has 1 aliphatic heterocycles. The Kier molecular flexibility index (Phi) is 4.89. The molecule has 1 aliphatic rings. The summed E-state index contributed by atoms with van der Waals surface area (Å²) >= 11 is 3.33. The summed E-state index contributed by atoms with van der Waals surface area (Å²) in [7, 11) is -3.46. The van der Waals surface area contributed by atoms with Gasteiger partial charge in [-0.1, -0.05) is 13.0 Å². The van der Waals surface area contributed by atoms with Crippen LogP contribution in [0.1, 0.15) is 25.3 Å². The molecule has 4 nitrogen and oxygen atoms in total. The zero-order valence-corrected chi connectivity index (χ0v) is 14.3. The fraction of sp³-hybridized carbons (Fsp3) is 0.571. The number of benzene rings is 1. The molecule has 1 aromatic carbocycles. The Morgan fingerprint density at radius 2 is 2.00 bits per heavy atom. The first-order valence-electron chi connectivity index (χ1n) is 6.79.